The maximum atomic E-state index is 16.5. The first kappa shape index (κ1) is 34.6. The standard InChI is InChI=1S/C33H34F3N7O4S4/c34-24-4-2-5-25(35)31(24)51(46,47)41-26-6-1-3-23(28(26)36)29-30(27-9-12-37-32(39-27)38-19-10-13-50(44,45)14-11-19)49-33(40-29)43-20-7-8-21(43)16-42(15-20)22-17-48-18-22/h1-6,9,12,19-22,41H,7-8,10-11,13-18H2,(H,37,38,39). The third kappa shape index (κ3) is 6.80. The molecule has 6 heterocycles. The second-order valence-corrected chi connectivity index (χ2v) is 19.2. The number of piperazine rings is 1. The quantitative estimate of drug-likeness (QED) is 0.231. The molecule has 0 aliphatic carbocycles. The molecule has 0 radical (unpaired) electrons. The lowest BCUT2D eigenvalue weighted by atomic mass is 10.1. The van der Waals surface area contributed by atoms with Crippen molar-refractivity contribution in [3.63, 3.8) is 0 Å². The van der Waals surface area contributed by atoms with Crippen LogP contribution in [0.15, 0.2) is 53.6 Å². The highest BCUT2D eigenvalue weighted by molar-refractivity contribution is 8.00. The number of sulfone groups is 1. The predicted molar refractivity (Wildman–Crippen MR) is 193 cm³/mol. The van der Waals surface area contributed by atoms with Gasteiger partial charge in [-0.3, -0.25) is 9.62 Å². The molecule has 51 heavy (non-hydrogen) atoms. The van der Waals surface area contributed by atoms with Crippen molar-refractivity contribution in [2.75, 3.05) is 51.0 Å². The number of aromatic nitrogens is 3. The van der Waals surface area contributed by atoms with Gasteiger partial charge in [-0.1, -0.05) is 23.5 Å². The lowest BCUT2D eigenvalue weighted by Crippen LogP contribution is -2.59. The summed E-state index contributed by atoms with van der Waals surface area (Å²) in [5, 5.41) is 3.94. The average Bonchev–Trinajstić information content (AvgIpc) is 3.60. The van der Waals surface area contributed by atoms with Crippen molar-refractivity contribution in [3.8, 4) is 21.8 Å². The van der Waals surface area contributed by atoms with Crippen LogP contribution in [0.25, 0.3) is 21.8 Å². The summed E-state index contributed by atoms with van der Waals surface area (Å²) in [6.07, 6.45) is 4.41. The highest BCUT2D eigenvalue weighted by atomic mass is 32.2. The third-order valence-electron chi connectivity index (χ3n) is 9.95. The minimum Gasteiger partial charge on any atom is -0.351 e. The normalized spacial score (nSPS) is 22.5. The fourth-order valence-corrected chi connectivity index (χ4v) is 12.0. The first-order valence-electron chi connectivity index (χ1n) is 16.6. The van der Waals surface area contributed by atoms with Crippen LogP contribution in [0.2, 0.25) is 0 Å². The van der Waals surface area contributed by atoms with E-state index in [2.05, 4.69) is 20.1 Å². The first-order valence-corrected chi connectivity index (χ1v) is 21.9. The molecule has 2 bridgehead atoms. The second-order valence-electron chi connectivity index (χ2n) is 13.3. The van der Waals surface area contributed by atoms with E-state index in [-0.39, 0.29) is 40.9 Å². The Kier molecular flexibility index (Phi) is 9.17. The molecule has 4 aromatic rings. The number of nitrogens with zero attached hydrogens (tertiary/aromatic N) is 5. The molecule has 2 N–H and O–H groups in total. The largest absolute Gasteiger partial charge is 0.351 e. The number of nitrogens with one attached hydrogen (secondary N) is 2. The van der Waals surface area contributed by atoms with Gasteiger partial charge in [0.05, 0.1) is 33.5 Å². The van der Waals surface area contributed by atoms with Crippen LogP contribution in [0.5, 0.6) is 0 Å². The van der Waals surface area contributed by atoms with E-state index in [1.807, 2.05) is 16.5 Å². The Bertz CT molecular complexity index is 2160. The number of thiazole rings is 1. The summed E-state index contributed by atoms with van der Waals surface area (Å²) in [5.41, 5.74) is 0.159. The first-order chi connectivity index (χ1) is 24.5. The van der Waals surface area contributed by atoms with E-state index < -0.39 is 47.9 Å². The summed E-state index contributed by atoms with van der Waals surface area (Å²) in [7, 11) is -7.92. The highest BCUT2D eigenvalue weighted by Crippen LogP contribution is 2.46. The van der Waals surface area contributed by atoms with Crippen molar-refractivity contribution < 1.29 is 30.0 Å². The molecule has 0 spiro atoms. The van der Waals surface area contributed by atoms with E-state index >= 15 is 4.39 Å². The zero-order valence-corrected chi connectivity index (χ0v) is 30.4. The van der Waals surface area contributed by atoms with Crippen LogP contribution < -0.4 is 14.9 Å². The molecule has 0 amide bonds. The Morgan fingerprint density at radius 1 is 0.863 bits per heavy atom. The number of thioether (sulfide) groups is 1. The molecule has 18 heteroatoms. The van der Waals surface area contributed by atoms with Crippen molar-refractivity contribution in [2.24, 2.45) is 0 Å². The predicted octanol–water partition coefficient (Wildman–Crippen LogP) is 5.24. The topological polar surface area (TPSA) is 137 Å². The fourth-order valence-electron chi connectivity index (χ4n) is 7.26. The molecule has 4 aliphatic heterocycles. The molecule has 8 rings (SSSR count). The Balaban J connectivity index is 1.17. The number of hydrogen-bond acceptors (Lipinski definition) is 12. The van der Waals surface area contributed by atoms with Gasteiger partial charge in [-0.2, -0.15) is 11.8 Å². The Labute approximate surface area is 302 Å². The van der Waals surface area contributed by atoms with Gasteiger partial charge in [-0.15, -0.1) is 0 Å². The van der Waals surface area contributed by atoms with Gasteiger partial charge in [0, 0.05) is 60.5 Å². The van der Waals surface area contributed by atoms with Crippen molar-refractivity contribution in [3.05, 3.63) is 66.1 Å². The van der Waals surface area contributed by atoms with Crippen LogP contribution in [0.3, 0.4) is 0 Å². The minimum absolute atomic E-state index is 0.0233. The minimum atomic E-state index is -4.85. The SMILES string of the molecule is O=S1(=O)CCC(Nc2nccc(-c3sc(N4C5CCC4CN(C4CSC4)C5)nc3-c3cccc(NS(=O)(=O)c4c(F)cccc4F)c3F)n2)CC1. The van der Waals surface area contributed by atoms with E-state index in [0.717, 1.165) is 55.6 Å². The van der Waals surface area contributed by atoms with Gasteiger partial charge < -0.3 is 10.2 Å². The summed E-state index contributed by atoms with van der Waals surface area (Å²) in [5.74, 6) is -0.877. The van der Waals surface area contributed by atoms with E-state index in [4.69, 9.17) is 9.97 Å². The molecule has 4 saturated heterocycles. The van der Waals surface area contributed by atoms with Crippen LogP contribution in [-0.2, 0) is 19.9 Å². The maximum absolute atomic E-state index is 16.5. The number of anilines is 3. The van der Waals surface area contributed by atoms with Crippen LogP contribution in [0, 0.1) is 17.5 Å². The molecule has 2 atom stereocenters. The van der Waals surface area contributed by atoms with Gasteiger partial charge in [-0.25, -0.2) is 45.0 Å². The van der Waals surface area contributed by atoms with Crippen molar-refractivity contribution >= 4 is 59.7 Å². The number of likely N-dealkylation sites (tertiary alicyclic amines) is 1. The number of fused-ring (bicyclic) bond motifs is 2. The summed E-state index contributed by atoms with van der Waals surface area (Å²) in [6.45, 7) is 1.81. The van der Waals surface area contributed by atoms with E-state index in [0.29, 0.717) is 40.5 Å². The highest BCUT2D eigenvalue weighted by Gasteiger charge is 2.44. The molecule has 2 aromatic carbocycles. The van der Waals surface area contributed by atoms with Crippen LogP contribution in [-0.4, -0.2) is 97.0 Å². The molecular weight excluding hydrogens is 744 g/mol. The summed E-state index contributed by atoms with van der Waals surface area (Å²) in [6, 6.07) is 9.34. The second kappa shape index (κ2) is 13.5. The number of benzene rings is 2. The van der Waals surface area contributed by atoms with Gasteiger partial charge in [0.1, 0.15) is 21.5 Å². The number of sulfonamides is 1. The summed E-state index contributed by atoms with van der Waals surface area (Å²) < 4.78 is 97.6. The van der Waals surface area contributed by atoms with Gasteiger partial charge >= 0.3 is 0 Å². The molecule has 2 aromatic heterocycles. The Hall–Kier alpha value is -3.45. The van der Waals surface area contributed by atoms with Crippen molar-refractivity contribution in [1.82, 2.24) is 19.9 Å². The van der Waals surface area contributed by atoms with Crippen LogP contribution in [0.1, 0.15) is 25.7 Å². The smallest absolute Gasteiger partial charge is 0.267 e. The fraction of sp³-hybridized carbons (Fsp3) is 0.424. The van der Waals surface area contributed by atoms with E-state index in [1.165, 1.54) is 29.5 Å². The van der Waals surface area contributed by atoms with Gasteiger partial charge in [0.15, 0.2) is 15.8 Å². The Morgan fingerprint density at radius 3 is 2.22 bits per heavy atom. The van der Waals surface area contributed by atoms with E-state index in [1.54, 1.807) is 12.3 Å². The lowest BCUT2D eigenvalue weighted by Gasteiger charge is -2.46. The van der Waals surface area contributed by atoms with E-state index in [9.17, 15) is 25.6 Å². The molecule has 11 nitrogen and oxygen atoms in total. The van der Waals surface area contributed by atoms with Crippen LogP contribution in [0.4, 0.5) is 29.9 Å². The Morgan fingerprint density at radius 2 is 1.55 bits per heavy atom. The lowest BCUT2D eigenvalue weighted by molar-refractivity contribution is 0.176. The molecule has 2 unspecified atom stereocenters. The molecule has 270 valence electrons. The maximum Gasteiger partial charge on any atom is 0.267 e. The van der Waals surface area contributed by atoms with Crippen molar-refractivity contribution in [2.45, 2.75) is 54.7 Å². The number of rotatable bonds is 9. The third-order valence-corrected chi connectivity index (χ3v) is 15.4. The summed E-state index contributed by atoms with van der Waals surface area (Å²) >= 11 is 3.32. The number of halogens is 3. The molecule has 4 aliphatic rings. The molecular formula is C33H34F3N7O4S4. The van der Waals surface area contributed by atoms with Crippen LogP contribution >= 0.6 is 23.1 Å². The molecule has 4 fully saturated rings. The zero-order chi connectivity index (χ0) is 35.5. The van der Waals surface area contributed by atoms with Gasteiger partial charge in [0.2, 0.25) is 5.95 Å². The number of hydrogen-bond donors (Lipinski definition) is 2. The van der Waals surface area contributed by atoms with Gasteiger partial charge in [0.25, 0.3) is 10.0 Å². The zero-order valence-electron chi connectivity index (χ0n) is 27.1. The summed E-state index contributed by atoms with van der Waals surface area (Å²) in [4.78, 5) is 18.3. The monoisotopic (exact) mass is 777 g/mol. The van der Waals surface area contributed by atoms with Crippen molar-refractivity contribution in [1.29, 1.82) is 0 Å². The van der Waals surface area contributed by atoms with Gasteiger partial charge in [-0.05, 0) is 56.0 Å². The molecule has 0 saturated carbocycles. The average molecular weight is 778 g/mol.